The van der Waals surface area contributed by atoms with Crippen LogP contribution in [0.2, 0.25) is 0 Å². The minimum Gasteiger partial charge on any atom is -0.327 e. The minimum absolute atomic E-state index is 0.0130. The number of hydrogen-bond acceptors (Lipinski definition) is 6. The fourth-order valence-corrected chi connectivity index (χ4v) is 2.75. The number of para-hydroxylation sites is 2. The van der Waals surface area contributed by atoms with Crippen LogP contribution in [0.25, 0.3) is 6.08 Å². The number of nitro groups is 2. The van der Waals surface area contributed by atoms with Gasteiger partial charge in [-0.05, 0) is 29.9 Å². The molecule has 9 nitrogen and oxygen atoms in total. The zero-order chi connectivity index (χ0) is 18.8. The van der Waals surface area contributed by atoms with E-state index in [1.807, 2.05) is 0 Å². The first-order valence-corrected chi connectivity index (χ1v) is 7.64. The molecule has 0 unspecified atom stereocenters. The lowest BCUT2D eigenvalue weighted by Gasteiger charge is -2.13. The standard InChI is InChI=1S/C16H10N4O5S/c21-15-12(9-10-4-3-5-11(8-10)19(22)23)17-16(26)18(15)13-6-1-2-7-14(13)20(24)25/h1-9H,(H,17,26)/b12-9-. The first-order chi connectivity index (χ1) is 12.4. The number of nitrogens with one attached hydrogen (secondary N) is 1. The SMILES string of the molecule is O=C1/C(=C/c2cccc([N+](=O)[O-])c2)NC(=S)N1c1ccccc1[N+](=O)[O-]. The van der Waals surface area contributed by atoms with Crippen LogP contribution in [0, 0.1) is 20.2 Å². The van der Waals surface area contributed by atoms with Crippen LogP contribution in [0.4, 0.5) is 17.1 Å². The monoisotopic (exact) mass is 370 g/mol. The van der Waals surface area contributed by atoms with Gasteiger partial charge in [0, 0.05) is 18.2 Å². The molecule has 1 aliphatic heterocycles. The smallest absolute Gasteiger partial charge is 0.293 e. The number of hydrogen-bond donors (Lipinski definition) is 1. The molecule has 0 aromatic heterocycles. The topological polar surface area (TPSA) is 119 Å². The summed E-state index contributed by atoms with van der Waals surface area (Å²) >= 11 is 5.13. The summed E-state index contributed by atoms with van der Waals surface area (Å²) in [6, 6.07) is 11.4. The van der Waals surface area contributed by atoms with E-state index in [0.29, 0.717) is 5.56 Å². The summed E-state index contributed by atoms with van der Waals surface area (Å²) in [5, 5.41) is 24.7. The average Bonchev–Trinajstić information content (AvgIpc) is 2.88. The van der Waals surface area contributed by atoms with Crippen LogP contribution >= 0.6 is 12.2 Å². The second-order valence-electron chi connectivity index (χ2n) is 5.23. The van der Waals surface area contributed by atoms with Gasteiger partial charge < -0.3 is 5.32 Å². The van der Waals surface area contributed by atoms with Gasteiger partial charge in [-0.1, -0.05) is 24.3 Å². The summed E-state index contributed by atoms with van der Waals surface area (Å²) in [5.41, 5.74) is 0.142. The van der Waals surface area contributed by atoms with E-state index in [1.165, 1.54) is 42.5 Å². The molecule has 130 valence electrons. The predicted octanol–water partition coefficient (Wildman–Crippen LogP) is 2.77. The van der Waals surface area contributed by atoms with Crippen molar-refractivity contribution in [3.8, 4) is 0 Å². The number of anilines is 1. The van der Waals surface area contributed by atoms with Crippen LogP contribution in [-0.4, -0.2) is 20.9 Å². The number of thiocarbonyl (C=S) groups is 1. The number of nitrogens with zero attached hydrogens (tertiary/aromatic N) is 3. The number of carbonyl (C=O) groups is 1. The van der Waals surface area contributed by atoms with Gasteiger partial charge >= 0.3 is 0 Å². The van der Waals surface area contributed by atoms with E-state index in [-0.39, 0.29) is 27.9 Å². The number of rotatable bonds is 4. The van der Waals surface area contributed by atoms with Crippen molar-refractivity contribution in [3.63, 3.8) is 0 Å². The molecule has 1 saturated heterocycles. The molecule has 2 aromatic carbocycles. The predicted molar refractivity (Wildman–Crippen MR) is 97.4 cm³/mol. The number of non-ortho nitro benzene ring substituents is 1. The van der Waals surface area contributed by atoms with Crippen molar-refractivity contribution in [1.82, 2.24) is 5.32 Å². The summed E-state index contributed by atoms with van der Waals surface area (Å²) in [6.07, 6.45) is 1.40. The lowest BCUT2D eigenvalue weighted by atomic mass is 10.1. The molecule has 1 heterocycles. The molecule has 0 aliphatic carbocycles. The van der Waals surface area contributed by atoms with Crippen LogP contribution < -0.4 is 10.2 Å². The lowest BCUT2D eigenvalue weighted by molar-refractivity contribution is -0.384. The summed E-state index contributed by atoms with van der Waals surface area (Å²) < 4.78 is 0. The van der Waals surface area contributed by atoms with Gasteiger partial charge in [0.25, 0.3) is 17.3 Å². The van der Waals surface area contributed by atoms with E-state index in [2.05, 4.69) is 5.32 Å². The third kappa shape index (κ3) is 3.13. The number of nitro benzene ring substituents is 2. The molecule has 0 bridgehead atoms. The van der Waals surface area contributed by atoms with Crippen LogP contribution in [0.5, 0.6) is 0 Å². The summed E-state index contributed by atoms with van der Waals surface area (Å²) in [4.78, 5) is 34.6. The minimum atomic E-state index is -0.604. The molecule has 1 amide bonds. The van der Waals surface area contributed by atoms with E-state index >= 15 is 0 Å². The number of benzene rings is 2. The maximum atomic E-state index is 12.7. The first-order valence-electron chi connectivity index (χ1n) is 7.23. The van der Waals surface area contributed by atoms with Gasteiger partial charge in [0.15, 0.2) is 5.11 Å². The molecule has 2 aromatic rings. The van der Waals surface area contributed by atoms with Crippen LogP contribution in [-0.2, 0) is 4.79 Å². The Hall–Kier alpha value is -3.66. The molecule has 3 rings (SSSR count). The molecule has 10 heteroatoms. The second-order valence-corrected chi connectivity index (χ2v) is 5.61. The molecular weight excluding hydrogens is 360 g/mol. The van der Waals surface area contributed by atoms with Crippen molar-refractivity contribution in [1.29, 1.82) is 0 Å². The summed E-state index contributed by atoms with van der Waals surface area (Å²) in [7, 11) is 0. The molecular formula is C16H10N4O5S. The highest BCUT2D eigenvalue weighted by Crippen LogP contribution is 2.31. The first kappa shape index (κ1) is 17.2. The highest BCUT2D eigenvalue weighted by Gasteiger charge is 2.35. The fraction of sp³-hybridized carbons (Fsp3) is 0. The van der Waals surface area contributed by atoms with Gasteiger partial charge in [-0.2, -0.15) is 0 Å². The van der Waals surface area contributed by atoms with Crippen molar-refractivity contribution >= 4 is 46.4 Å². The van der Waals surface area contributed by atoms with Gasteiger partial charge in [-0.3, -0.25) is 25.0 Å². The van der Waals surface area contributed by atoms with E-state index in [1.54, 1.807) is 12.1 Å². The van der Waals surface area contributed by atoms with Crippen molar-refractivity contribution in [2.45, 2.75) is 0 Å². The summed E-state index contributed by atoms with van der Waals surface area (Å²) in [5.74, 6) is -0.587. The molecule has 0 saturated carbocycles. The Morgan fingerprint density at radius 1 is 1.04 bits per heavy atom. The maximum absolute atomic E-state index is 12.7. The zero-order valence-electron chi connectivity index (χ0n) is 13.0. The van der Waals surface area contributed by atoms with E-state index < -0.39 is 15.8 Å². The van der Waals surface area contributed by atoms with Gasteiger partial charge in [-0.15, -0.1) is 0 Å². The second kappa shape index (κ2) is 6.69. The molecule has 0 atom stereocenters. The fourth-order valence-electron chi connectivity index (χ4n) is 2.46. The molecule has 1 N–H and O–H groups in total. The lowest BCUT2D eigenvalue weighted by Crippen LogP contribution is -2.30. The third-order valence-corrected chi connectivity index (χ3v) is 3.87. The van der Waals surface area contributed by atoms with Crippen molar-refractivity contribution < 1.29 is 14.6 Å². The van der Waals surface area contributed by atoms with Gasteiger partial charge in [0.05, 0.1) is 9.85 Å². The molecule has 0 radical (unpaired) electrons. The Bertz CT molecular complexity index is 988. The highest BCUT2D eigenvalue weighted by atomic mass is 32.1. The largest absolute Gasteiger partial charge is 0.327 e. The van der Waals surface area contributed by atoms with E-state index in [4.69, 9.17) is 12.2 Å². The van der Waals surface area contributed by atoms with Gasteiger partial charge in [0.2, 0.25) is 0 Å². The Labute approximate surface area is 151 Å². The molecule has 1 fully saturated rings. The van der Waals surface area contributed by atoms with Crippen molar-refractivity contribution in [2.75, 3.05) is 4.90 Å². The average molecular weight is 370 g/mol. The Morgan fingerprint density at radius 2 is 1.77 bits per heavy atom. The quantitative estimate of drug-likeness (QED) is 0.380. The Kier molecular flexibility index (Phi) is 4.42. The van der Waals surface area contributed by atoms with Gasteiger partial charge in [-0.25, -0.2) is 4.90 Å². The Morgan fingerprint density at radius 3 is 2.46 bits per heavy atom. The Balaban J connectivity index is 1.99. The van der Waals surface area contributed by atoms with E-state index in [9.17, 15) is 25.0 Å². The van der Waals surface area contributed by atoms with Crippen LogP contribution in [0.1, 0.15) is 5.56 Å². The number of carbonyl (C=O) groups excluding carboxylic acids is 1. The highest BCUT2D eigenvalue weighted by molar-refractivity contribution is 7.80. The number of amides is 1. The third-order valence-electron chi connectivity index (χ3n) is 3.59. The van der Waals surface area contributed by atoms with Crippen LogP contribution in [0.3, 0.4) is 0 Å². The normalized spacial score (nSPS) is 15.2. The molecule has 0 spiro atoms. The van der Waals surface area contributed by atoms with Crippen molar-refractivity contribution in [2.24, 2.45) is 0 Å². The molecule has 1 aliphatic rings. The molecule has 26 heavy (non-hydrogen) atoms. The van der Waals surface area contributed by atoms with Crippen molar-refractivity contribution in [3.05, 3.63) is 80.0 Å². The van der Waals surface area contributed by atoms with E-state index in [0.717, 1.165) is 4.90 Å². The van der Waals surface area contributed by atoms with Crippen LogP contribution in [0.15, 0.2) is 54.2 Å². The summed E-state index contributed by atoms with van der Waals surface area (Å²) in [6.45, 7) is 0. The maximum Gasteiger partial charge on any atom is 0.293 e. The zero-order valence-corrected chi connectivity index (χ0v) is 13.8. The van der Waals surface area contributed by atoms with Gasteiger partial charge in [0.1, 0.15) is 11.4 Å².